The lowest BCUT2D eigenvalue weighted by Gasteiger charge is -2.07. The zero-order chi connectivity index (χ0) is 18.5. The van der Waals surface area contributed by atoms with Crippen LogP contribution in [0.2, 0.25) is 5.02 Å². The Hall–Kier alpha value is -1.93. The smallest absolute Gasteiger partial charge is 0.189 e. The molecule has 2 nitrogen and oxygen atoms in total. The van der Waals surface area contributed by atoms with Crippen LogP contribution in [0.15, 0.2) is 51.5 Å². The number of hydrogen-bond donors (Lipinski definition) is 0. The second kappa shape index (κ2) is 8.64. The molecule has 1 aromatic heterocycles. The minimum atomic E-state index is 0.0177. The van der Waals surface area contributed by atoms with E-state index in [0.717, 1.165) is 20.2 Å². The number of halogens is 1. The van der Waals surface area contributed by atoms with Gasteiger partial charge in [-0.3, -0.25) is 4.79 Å². The van der Waals surface area contributed by atoms with Crippen molar-refractivity contribution in [3.05, 3.63) is 68.8 Å². The van der Waals surface area contributed by atoms with Crippen molar-refractivity contribution in [1.29, 1.82) is 0 Å². The molecule has 0 radical (unpaired) electrons. The molecule has 0 unspecified atom stereocenters. The molecule has 0 amide bonds. The van der Waals surface area contributed by atoms with E-state index in [1.165, 1.54) is 5.56 Å². The maximum absolute atomic E-state index is 12.2. The van der Waals surface area contributed by atoms with E-state index in [2.05, 4.69) is 24.8 Å². The van der Waals surface area contributed by atoms with E-state index in [0.29, 0.717) is 22.8 Å². The third-order valence-corrected chi connectivity index (χ3v) is 6.34. The van der Waals surface area contributed by atoms with Gasteiger partial charge in [-0.25, -0.2) is 0 Å². The Morgan fingerprint density at radius 2 is 2.00 bits per heavy atom. The van der Waals surface area contributed by atoms with Gasteiger partial charge in [-0.15, -0.1) is 23.1 Å². The van der Waals surface area contributed by atoms with Crippen molar-refractivity contribution in [1.82, 2.24) is 0 Å². The molecule has 0 saturated heterocycles. The number of aryl methyl sites for hydroxylation is 1. The first-order valence-corrected chi connectivity index (χ1v) is 10.2. The van der Waals surface area contributed by atoms with Crippen LogP contribution in [0.25, 0.3) is 10.1 Å². The molecule has 0 spiro atoms. The van der Waals surface area contributed by atoms with Gasteiger partial charge in [-0.05, 0) is 49.2 Å². The van der Waals surface area contributed by atoms with Gasteiger partial charge in [-0.1, -0.05) is 35.6 Å². The number of rotatable bonds is 4. The number of benzene rings is 2. The summed E-state index contributed by atoms with van der Waals surface area (Å²) in [6, 6.07) is 13.0. The van der Waals surface area contributed by atoms with Crippen LogP contribution in [0.4, 0.5) is 0 Å². The maximum atomic E-state index is 12.2. The second-order valence-corrected chi connectivity index (χ2v) is 8.49. The van der Waals surface area contributed by atoms with Gasteiger partial charge in [-0.2, -0.15) is 0 Å². The molecule has 0 aliphatic rings. The molecule has 0 aliphatic carbocycles. The molecule has 3 aromatic rings. The lowest BCUT2D eigenvalue weighted by Crippen LogP contribution is -1.98. The molecule has 0 N–H and O–H groups in total. The van der Waals surface area contributed by atoms with Crippen molar-refractivity contribution >= 4 is 44.8 Å². The predicted octanol–water partition coefficient (Wildman–Crippen LogP) is 5.71. The van der Waals surface area contributed by atoms with Crippen molar-refractivity contribution in [3.8, 4) is 17.6 Å². The van der Waals surface area contributed by atoms with Gasteiger partial charge in [0.1, 0.15) is 12.4 Å². The van der Waals surface area contributed by atoms with E-state index in [1.807, 2.05) is 25.1 Å². The molecule has 26 heavy (non-hydrogen) atoms. The summed E-state index contributed by atoms with van der Waals surface area (Å²) >= 11 is 9.13. The Kier molecular flexibility index (Phi) is 6.26. The SMILES string of the molecule is Cc1cccc(OCC#CCSc2cc(=O)c3ccc(Cl)cc3s2)c1C. The Labute approximate surface area is 166 Å². The quantitative estimate of drug-likeness (QED) is 0.414. The predicted molar refractivity (Wildman–Crippen MR) is 113 cm³/mol. The summed E-state index contributed by atoms with van der Waals surface area (Å²) < 4.78 is 7.56. The molecule has 0 aliphatic heterocycles. The Morgan fingerprint density at radius 3 is 2.85 bits per heavy atom. The summed E-state index contributed by atoms with van der Waals surface area (Å²) in [5.74, 6) is 7.59. The Balaban J connectivity index is 1.59. The van der Waals surface area contributed by atoms with Gasteiger partial charge in [0.2, 0.25) is 0 Å². The first-order valence-electron chi connectivity index (χ1n) is 8.05. The average Bonchev–Trinajstić information content (AvgIpc) is 2.61. The van der Waals surface area contributed by atoms with E-state index >= 15 is 0 Å². The largest absolute Gasteiger partial charge is 0.481 e. The molecule has 0 bridgehead atoms. The van der Waals surface area contributed by atoms with Crippen LogP contribution >= 0.6 is 34.7 Å². The van der Waals surface area contributed by atoms with Crippen molar-refractivity contribution < 1.29 is 4.74 Å². The number of fused-ring (bicyclic) bond motifs is 1. The molecule has 0 saturated carbocycles. The van der Waals surface area contributed by atoms with E-state index in [1.54, 1.807) is 41.3 Å². The first kappa shape index (κ1) is 18.8. The highest BCUT2D eigenvalue weighted by Crippen LogP contribution is 2.28. The first-order chi connectivity index (χ1) is 12.5. The highest BCUT2D eigenvalue weighted by molar-refractivity contribution is 8.01. The van der Waals surface area contributed by atoms with Crippen LogP contribution in [-0.4, -0.2) is 12.4 Å². The zero-order valence-electron chi connectivity index (χ0n) is 14.5. The fourth-order valence-corrected chi connectivity index (χ4v) is 4.65. The molecule has 0 atom stereocenters. The summed E-state index contributed by atoms with van der Waals surface area (Å²) in [6.07, 6.45) is 0. The summed E-state index contributed by atoms with van der Waals surface area (Å²) in [7, 11) is 0. The molecule has 0 fully saturated rings. The van der Waals surface area contributed by atoms with Gasteiger partial charge < -0.3 is 4.74 Å². The molecular weight excluding hydrogens is 384 g/mol. The maximum Gasteiger partial charge on any atom is 0.189 e. The van der Waals surface area contributed by atoms with Crippen molar-refractivity contribution in [2.24, 2.45) is 0 Å². The van der Waals surface area contributed by atoms with Crippen LogP contribution < -0.4 is 10.2 Å². The Bertz CT molecular complexity index is 1060. The topological polar surface area (TPSA) is 26.3 Å². The van der Waals surface area contributed by atoms with Crippen LogP contribution in [0.1, 0.15) is 11.1 Å². The minimum Gasteiger partial charge on any atom is -0.481 e. The van der Waals surface area contributed by atoms with Gasteiger partial charge in [0.05, 0.1) is 9.96 Å². The normalized spacial score (nSPS) is 10.4. The lowest BCUT2D eigenvalue weighted by molar-refractivity contribution is 0.367. The third-order valence-electron chi connectivity index (χ3n) is 3.93. The van der Waals surface area contributed by atoms with Crippen molar-refractivity contribution in [2.75, 3.05) is 12.4 Å². The standard InChI is InChI=1S/C21H17ClO2S2/c1-14-6-5-7-19(15(14)2)24-10-3-4-11-25-21-13-18(23)17-9-8-16(22)12-20(17)26-21/h5-9,12-13H,10-11H2,1-2H3. The Morgan fingerprint density at radius 1 is 1.15 bits per heavy atom. The van der Waals surface area contributed by atoms with Gasteiger partial charge in [0.25, 0.3) is 0 Å². The zero-order valence-corrected chi connectivity index (χ0v) is 16.9. The molecule has 132 valence electrons. The summed E-state index contributed by atoms with van der Waals surface area (Å²) in [5, 5.41) is 1.34. The summed E-state index contributed by atoms with van der Waals surface area (Å²) in [4.78, 5) is 12.2. The highest BCUT2D eigenvalue weighted by atomic mass is 35.5. The fourth-order valence-electron chi connectivity index (χ4n) is 2.38. The average molecular weight is 401 g/mol. The lowest BCUT2D eigenvalue weighted by atomic mass is 10.1. The van der Waals surface area contributed by atoms with Gasteiger partial charge in [0.15, 0.2) is 5.43 Å². The molecule has 2 aromatic carbocycles. The van der Waals surface area contributed by atoms with Crippen LogP contribution in [0.3, 0.4) is 0 Å². The summed E-state index contributed by atoms with van der Waals surface area (Å²) in [5.41, 5.74) is 2.37. The molecule has 5 heteroatoms. The van der Waals surface area contributed by atoms with Gasteiger partial charge >= 0.3 is 0 Å². The number of hydrogen-bond acceptors (Lipinski definition) is 4. The number of ether oxygens (including phenoxy) is 1. The molecular formula is C21H17ClO2S2. The second-order valence-electron chi connectivity index (χ2n) is 5.70. The van der Waals surface area contributed by atoms with E-state index < -0.39 is 0 Å². The van der Waals surface area contributed by atoms with Crippen molar-refractivity contribution in [3.63, 3.8) is 0 Å². The van der Waals surface area contributed by atoms with Crippen molar-refractivity contribution in [2.45, 2.75) is 18.1 Å². The molecule has 1 heterocycles. The minimum absolute atomic E-state index is 0.0177. The van der Waals surface area contributed by atoms with Crippen LogP contribution in [0.5, 0.6) is 5.75 Å². The van der Waals surface area contributed by atoms with E-state index in [4.69, 9.17) is 16.3 Å². The van der Waals surface area contributed by atoms with E-state index in [-0.39, 0.29) is 5.43 Å². The van der Waals surface area contributed by atoms with Gasteiger partial charge in [0, 0.05) is 21.2 Å². The van der Waals surface area contributed by atoms with Crippen LogP contribution in [0, 0.1) is 25.7 Å². The van der Waals surface area contributed by atoms with E-state index in [9.17, 15) is 4.79 Å². The monoisotopic (exact) mass is 400 g/mol. The highest BCUT2D eigenvalue weighted by Gasteiger charge is 2.04. The number of thioether (sulfide) groups is 1. The third kappa shape index (κ3) is 4.62. The fraction of sp³-hybridized carbons (Fsp3) is 0.190. The molecule has 3 rings (SSSR count). The summed E-state index contributed by atoms with van der Waals surface area (Å²) in [6.45, 7) is 4.46. The van der Waals surface area contributed by atoms with Crippen LogP contribution in [-0.2, 0) is 0 Å².